The maximum absolute atomic E-state index is 6.27. The average Bonchev–Trinajstić information content (AvgIpc) is 2.68. The number of anilines is 1. The first-order valence-electron chi connectivity index (χ1n) is 9.56. The summed E-state index contributed by atoms with van der Waals surface area (Å²) in [5.74, 6) is 0. The zero-order chi connectivity index (χ0) is 19.5. The topological polar surface area (TPSA) is 37.0 Å². The van der Waals surface area contributed by atoms with E-state index in [0.717, 1.165) is 59.4 Å². The first kappa shape index (κ1) is 25.3. The van der Waals surface area contributed by atoms with Crippen LogP contribution in [0.2, 0.25) is 15.1 Å². The highest BCUT2D eigenvalue weighted by Crippen LogP contribution is 2.28. The fourth-order valence-corrected chi connectivity index (χ4v) is 4.47. The predicted molar refractivity (Wildman–Crippen MR) is 134 cm³/mol. The Morgan fingerprint density at radius 2 is 1.50 bits per heavy atom. The third kappa shape index (κ3) is 6.29. The molecule has 8 heteroatoms. The number of hydrogen-bond acceptors (Lipinski definition) is 3. The molecule has 0 atom stereocenters. The summed E-state index contributed by atoms with van der Waals surface area (Å²) in [6.45, 7) is 0.772. The van der Waals surface area contributed by atoms with Gasteiger partial charge < -0.3 is 10.6 Å². The largest absolute Gasteiger partial charge is 0.382 e. The van der Waals surface area contributed by atoms with Crippen molar-refractivity contribution in [1.82, 2.24) is 10.3 Å². The lowest BCUT2D eigenvalue weighted by Gasteiger charge is -2.30. The number of aromatic nitrogens is 1. The van der Waals surface area contributed by atoms with Crippen molar-refractivity contribution in [2.24, 2.45) is 0 Å². The molecule has 0 radical (unpaired) electrons. The number of benzene rings is 2. The van der Waals surface area contributed by atoms with Gasteiger partial charge in [-0.25, -0.2) is 0 Å². The Labute approximate surface area is 204 Å². The summed E-state index contributed by atoms with van der Waals surface area (Å²) >= 11 is 18.3. The summed E-state index contributed by atoms with van der Waals surface area (Å²) in [4.78, 5) is 4.42. The van der Waals surface area contributed by atoms with Crippen molar-refractivity contribution in [1.29, 1.82) is 0 Å². The number of halogens is 5. The molecule has 30 heavy (non-hydrogen) atoms. The maximum Gasteiger partial charge on any atom is 0.0737 e. The molecule has 3 aromatic rings. The first-order chi connectivity index (χ1) is 13.6. The second-order valence-electron chi connectivity index (χ2n) is 7.33. The number of pyridine rings is 1. The van der Waals surface area contributed by atoms with E-state index in [9.17, 15) is 0 Å². The molecule has 2 N–H and O–H groups in total. The van der Waals surface area contributed by atoms with E-state index >= 15 is 0 Å². The third-order valence-corrected chi connectivity index (χ3v) is 6.21. The van der Waals surface area contributed by atoms with Gasteiger partial charge in [-0.15, -0.1) is 24.8 Å². The van der Waals surface area contributed by atoms with Gasteiger partial charge in [0.25, 0.3) is 0 Å². The van der Waals surface area contributed by atoms with E-state index in [0.29, 0.717) is 22.1 Å². The fourth-order valence-electron chi connectivity index (χ4n) is 3.83. The molecule has 1 fully saturated rings. The predicted octanol–water partition coefficient (Wildman–Crippen LogP) is 7.55. The van der Waals surface area contributed by atoms with E-state index < -0.39 is 0 Å². The molecule has 1 saturated carbocycles. The molecule has 0 saturated heterocycles. The summed E-state index contributed by atoms with van der Waals surface area (Å²) in [6.07, 6.45) is 6.37. The van der Waals surface area contributed by atoms with Crippen LogP contribution in [0.1, 0.15) is 31.2 Å². The van der Waals surface area contributed by atoms with E-state index in [-0.39, 0.29) is 24.8 Å². The van der Waals surface area contributed by atoms with E-state index in [1.807, 2.05) is 42.6 Å². The van der Waals surface area contributed by atoms with E-state index in [4.69, 9.17) is 34.8 Å². The Morgan fingerprint density at radius 3 is 2.23 bits per heavy atom. The van der Waals surface area contributed by atoms with Gasteiger partial charge in [0.1, 0.15) is 0 Å². The van der Waals surface area contributed by atoms with Gasteiger partial charge in [0, 0.05) is 51.0 Å². The Hall–Kier alpha value is -0.940. The molecule has 0 bridgehead atoms. The van der Waals surface area contributed by atoms with Gasteiger partial charge >= 0.3 is 0 Å². The number of nitrogens with zero attached hydrogens (tertiary/aromatic N) is 1. The van der Waals surface area contributed by atoms with Gasteiger partial charge in [-0.3, -0.25) is 4.98 Å². The average molecular weight is 508 g/mol. The standard InChI is InChI=1S/C22H22Cl3N3.2ClH/c23-15-2-1-14(20(25)11-15)13-27-17-4-6-18(7-5-17)28-21-9-10-26-22-12-16(24)3-8-19(21)22;;/h1-3,8-12,17-18,27H,4-7,13H2,(H,26,28);2*1H/t17-,18-;;. The molecular weight excluding hydrogens is 484 g/mol. The number of nitrogens with one attached hydrogen (secondary N) is 2. The van der Waals surface area contributed by atoms with Gasteiger partial charge in [-0.05, 0) is 67.6 Å². The van der Waals surface area contributed by atoms with Crippen LogP contribution in [0.4, 0.5) is 5.69 Å². The van der Waals surface area contributed by atoms with Crippen molar-refractivity contribution in [3.8, 4) is 0 Å². The van der Waals surface area contributed by atoms with Crippen LogP contribution in [-0.2, 0) is 6.54 Å². The van der Waals surface area contributed by atoms with Gasteiger partial charge in [0.15, 0.2) is 0 Å². The van der Waals surface area contributed by atoms with E-state index in [1.54, 1.807) is 6.07 Å². The van der Waals surface area contributed by atoms with Crippen LogP contribution in [0.5, 0.6) is 0 Å². The van der Waals surface area contributed by atoms with Gasteiger partial charge in [0.05, 0.1) is 5.52 Å². The van der Waals surface area contributed by atoms with Crippen molar-refractivity contribution in [3.63, 3.8) is 0 Å². The van der Waals surface area contributed by atoms with Crippen LogP contribution in [0.25, 0.3) is 10.9 Å². The third-order valence-electron chi connectivity index (χ3n) is 5.39. The normalized spacial score (nSPS) is 18.4. The summed E-state index contributed by atoms with van der Waals surface area (Å²) in [5.41, 5.74) is 3.15. The molecule has 3 nitrogen and oxygen atoms in total. The Morgan fingerprint density at radius 1 is 0.833 bits per heavy atom. The second-order valence-corrected chi connectivity index (χ2v) is 8.61. The molecule has 162 valence electrons. The molecule has 0 spiro atoms. The quantitative estimate of drug-likeness (QED) is 0.374. The minimum absolute atomic E-state index is 0. The summed E-state index contributed by atoms with van der Waals surface area (Å²) in [5, 5.41) is 10.6. The van der Waals surface area contributed by atoms with E-state index in [2.05, 4.69) is 15.6 Å². The number of rotatable bonds is 5. The zero-order valence-electron chi connectivity index (χ0n) is 16.2. The minimum atomic E-state index is 0. The Balaban J connectivity index is 0.00000160. The molecule has 1 aliphatic rings. The van der Waals surface area contributed by atoms with Crippen molar-refractivity contribution in [3.05, 3.63) is 69.3 Å². The van der Waals surface area contributed by atoms with Gasteiger partial charge in [0.2, 0.25) is 0 Å². The highest BCUT2D eigenvalue weighted by molar-refractivity contribution is 6.35. The molecular formula is C22H24Cl5N3. The summed E-state index contributed by atoms with van der Waals surface area (Å²) in [7, 11) is 0. The molecule has 4 rings (SSSR count). The molecule has 0 amide bonds. The van der Waals surface area contributed by atoms with Gasteiger partial charge in [-0.1, -0.05) is 40.9 Å². The molecule has 0 aliphatic heterocycles. The SMILES string of the molecule is Cl.Cl.Clc1ccc(CN[C@H]2CC[C@H](Nc3ccnc4cc(Cl)ccc34)CC2)c(Cl)c1. The van der Waals surface area contributed by atoms with Crippen LogP contribution in [0.15, 0.2) is 48.7 Å². The summed E-state index contributed by atoms with van der Waals surface area (Å²) in [6, 6.07) is 14.6. The van der Waals surface area contributed by atoms with Gasteiger partial charge in [-0.2, -0.15) is 0 Å². The lowest BCUT2D eigenvalue weighted by molar-refractivity contribution is 0.353. The fraction of sp³-hybridized carbons (Fsp3) is 0.318. The van der Waals surface area contributed by atoms with E-state index in [1.165, 1.54) is 0 Å². The highest BCUT2D eigenvalue weighted by atomic mass is 35.5. The molecule has 1 heterocycles. The molecule has 2 aromatic carbocycles. The van der Waals surface area contributed by atoms with Crippen molar-refractivity contribution >= 4 is 76.2 Å². The van der Waals surface area contributed by atoms with Crippen LogP contribution < -0.4 is 10.6 Å². The molecule has 0 unspecified atom stereocenters. The van der Waals surface area contributed by atoms with Crippen molar-refractivity contribution in [2.75, 3.05) is 5.32 Å². The highest BCUT2D eigenvalue weighted by Gasteiger charge is 2.21. The lowest BCUT2D eigenvalue weighted by Crippen LogP contribution is -2.36. The Bertz CT molecular complexity index is 974. The van der Waals surface area contributed by atoms with Crippen LogP contribution in [0, 0.1) is 0 Å². The zero-order valence-corrected chi connectivity index (χ0v) is 20.1. The maximum atomic E-state index is 6.27. The second kappa shape index (κ2) is 11.6. The van der Waals surface area contributed by atoms with Crippen LogP contribution in [0.3, 0.4) is 0 Å². The Kier molecular flexibility index (Phi) is 9.80. The lowest BCUT2D eigenvalue weighted by atomic mass is 9.90. The molecule has 1 aromatic heterocycles. The van der Waals surface area contributed by atoms with Crippen molar-refractivity contribution in [2.45, 2.75) is 44.3 Å². The summed E-state index contributed by atoms with van der Waals surface area (Å²) < 4.78 is 0. The number of fused-ring (bicyclic) bond motifs is 1. The minimum Gasteiger partial charge on any atom is -0.382 e. The monoisotopic (exact) mass is 505 g/mol. The molecule has 1 aliphatic carbocycles. The first-order valence-corrected chi connectivity index (χ1v) is 10.7. The smallest absolute Gasteiger partial charge is 0.0737 e. The van der Waals surface area contributed by atoms with Crippen LogP contribution in [-0.4, -0.2) is 17.1 Å². The van der Waals surface area contributed by atoms with Crippen molar-refractivity contribution < 1.29 is 0 Å². The number of hydrogen-bond donors (Lipinski definition) is 2. The van der Waals surface area contributed by atoms with Crippen LogP contribution >= 0.6 is 59.6 Å².